The molecule has 2 aliphatic rings. The van der Waals surface area contributed by atoms with Crippen molar-refractivity contribution in [3.05, 3.63) is 29.8 Å². The monoisotopic (exact) mass is 401 g/mol. The van der Waals surface area contributed by atoms with Gasteiger partial charge in [0.05, 0.1) is 13.1 Å². The summed E-state index contributed by atoms with van der Waals surface area (Å²) in [6, 6.07) is 8.11. The Morgan fingerprint density at radius 1 is 1.14 bits per heavy atom. The highest BCUT2D eigenvalue weighted by Crippen LogP contribution is 2.14. The second kappa shape index (κ2) is 10.5. The first-order valence-electron chi connectivity index (χ1n) is 10.7. The number of nitrogens with one attached hydrogen (secondary N) is 1. The third kappa shape index (κ3) is 6.35. The van der Waals surface area contributed by atoms with Gasteiger partial charge in [0, 0.05) is 46.3 Å². The molecule has 0 spiro atoms. The first kappa shape index (κ1) is 21.4. The second-order valence-electron chi connectivity index (χ2n) is 8.02. The van der Waals surface area contributed by atoms with Gasteiger partial charge in [-0.1, -0.05) is 12.1 Å². The molecule has 2 heterocycles. The van der Waals surface area contributed by atoms with Gasteiger partial charge in [-0.2, -0.15) is 0 Å². The van der Waals surface area contributed by atoms with Crippen LogP contribution in [0.4, 0.5) is 0 Å². The summed E-state index contributed by atoms with van der Waals surface area (Å²) in [5.41, 5.74) is 1.19. The van der Waals surface area contributed by atoms with E-state index in [2.05, 4.69) is 40.0 Å². The van der Waals surface area contributed by atoms with Crippen molar-refractivity contribution >= 4 is 11.9 Å². The number of piperazine rings is 1. The van der Waals surface area contributed by atoms with E-state index in [-0.39, 0.29) is 12.0 Å². The fourth-order valence-corrected chi connectivity index (χ4v) is 3.91. The van der Waals surface area contributed by atoms with E-state index in [9.17, 15) is 4.79 Å². The molecule has 7 nitrogen and oxygen atoms in total. The number of carbonyl (C=O) groups is 1. The first-order chi connectivity index (χ1) is 14.0. The normalized spacial score (nSPS) is 19.3. The SMILES string of the molecule is CN=C(NCC(C)Oc1cccc(C)c1)N1CCN(CC(=O)N2CCCC2)CC1. The van der Waals surface area contributed by atoms with Crippen molar-refractivity contribution in [2.75, 3.05) is 59.4 Å². The molecule has 1 amide bonds. The molecule has 1 unspecified atom stereocenters. The van der Waals surface area contributed by atoms with Crippen LogP contribution in [0.3, 0.4) is 0 Å². The zero-order valence-corrected chi connectivity index (χ0v) is 18.1. The van der Waals surface area contributed by atoms with E-state index in [0.717, 1.165) is 63.8 Å². The van der Waals surface area contributed by atoms with Crippen LogP contribution in [0.2, 0.25) is 0 Å². The predicted octanol–water partition coefficient (Wildman–Crippen LogP) is 1.58. The summed E-state index contributed by atoms with van der Waals surface area (Å²) < 4.78 is 6.00. The van der Waals surface area contributed by atoms with E-state index < -0.39 is 0 Å². The van der Waals surface area contributed by atoms with E-state index in [1.807, 2.05) is 30.1 Å². The highest BCUT2D eigenvalue weighted by atomic mass is 16.5. The van der Waals surface area contributed by atoms with Gasteiger partial charge in [0.25, 0.3) is 0 Å². The maximum absolute atomic E-state index is 12.4. The summed E-state index contributed by atoms with van der Waals surface area (Å²) in [6.45, 7) is 10.7. The quantitative estimate of drug-likeness (QED) is 0.579. The van der Waals surface area contributed by atoms with Crippen LogP contribution in [0.5, 0.6) is 5.75 Å². The highest BCUT2D eigenvalue weighted by molar-refractivity contribution is 5.80. The van der Waals surface area contributed by atoms with Crippen LogP contribution < -0.4 is 10.1 Å². The van der Waals surface area contributed by atoms with Gasteiger partial charge in [0.1, 0.15) is 11.9 Å². The Morgan fingerprint density at radius 3 is 2.52 bits per heavy atom. The van der Waals surface area contributed by atoms with Gasteiger partial charge in [-0.25, -0.2) is 0 Å². The van der Waals surface area contributed by atoms with Crippen molar-refractivity contribution in [2.45, 2.75) is 32.8 Å². The number of likely N-dealkylation sites (tertiary alicyclic amines) is 1. The molecule has 0 bridgehead atoms. The Morgan fingerprint density at radius 2 is 1.86 bits per heavy atom. The van der Waals surface area contributed by atoms with Crippen molar-refractivity contribution in [3.63, 3.8) is 0 Å². The average molecular weight is 402 g/mol. The van der Waals surface area contributed by atoms with Crippen LogP contribution in [0, 0.1) is 6.92 Å². The number of hydrogen-bond donors (Lipinski definition) is 1. The van der Waals surface area contributed by atoms with E-state index in [1.54, 1.807) is 0 Å². The number of amides is 1. The van der Waals surface area contributed by atoms with Gasteiger partial charge in [0.2, 0.25) is 5.91 Å². The summed E-state index contributed by atoms with van der Waals surface area (Å²) in [5, 5.41) is 3.43. The third-order valence-electron chi connectivity index (χ3n) is 5.58. The minimum absolute atomic E-state index is 0.0351. The number of benzene rings is 1. The molecule has 0 aromatic heterocycles. The summed E-state index contributed by atoms with van der Waals surface area (Å²) >= 11 is 0. The first-order valence-corrected chi connectivity index (χ1v) is 10.7. The molecule has 0 saturated carbocycles. The summed E-state index contributed by atoms with van der Waals surface area (Å²) in [6.07, 6.45) is 2.33. The Hall–Kier alpha value is -2.28. The lowest BCUT2D eigenvalue weighted by Crippen LogP contribution is -2.54. The van der Waals surface area contributed by atoms with Crippen molar-refractivity contribution < 1.29 is 9.53 Å². The minimum atomic E-state index is 0.0351. The maximum atomic E-state index is 12.4. The van der Waals surface area contributed by atoms with Crippen molar-refractivity contribution in [1.82, 2.24) is 20.0 Å². The molecule has 1 N–H and O–H groups in total. The van der Waals surface area contributed by atoms with Gasteiger partial charge in [0.15, 0.2) is 5.96 Å². The van der Waals surface area contributed by atoms with Crippen molar-refractivity contribution in [2.24, 2.45) is 4.99 Å². The fraction of sp³-hybridized carbons (Fsp3) is 0.636. The molecule has 1 aromatic carbocycles. The zero-order valence-electron chi connectivity index (χ0n) is 18.1. The Labute approximate surface area is 174 Å². The molecule has 160 valence electrons. The molecular formula is C22H35N5O2. The Bertz CT molecular complexity index is 694. The molecular weight excluding hydrogens is 366 g/mol. The standard InChI is InChI=1S/C22H35N5O2/c1-18-7-6-8-20(15-18)29-19(2)16-24-22(23-3)27-13-11-25(12-14-27)17-21(28)26-9-4-5-10-26/h6-8,15,19H,4-5,9-14,16-17H2,1-3H3,(H,23,24). The lowest BCUT2D eigenvalue weighted by molar-refractivity contribution is -0.131. The molecule has 1 atom stereocenters. The van der Waals surface area contributed by atoms with Gasteiger partial charge >= 0.3 is 0 Å². The second-order valence-corrected chi connectivity index (χ2v) is 8.02. The Kier molecular flexibility index (Phi) is 7.75. The zero-order chi connectivity index (χ0) is 20.6. The van der Waals surface area contributed by atoms with E-state index >= 15 is 0 Å². The summed E-state index contributed by atoms with van der Waals surface area (Å²) in [4.78, 5) is 23.3. The number of hydrogen-bond acceptors (Lipinski definition) is 4. The van der Waals surface area contributed by atoms with Crippen LogP contribution in [0.1, 0.15) is 25.3 Å². The van der Waals surface area contributed by atoms with Crippen LogP contribution in [0.15, 0.2) is 29.3 Å². The van der Waals surface area contributed by atoms with Crippen molar-refractivity contribution in [3.8, 4) is 5.75 Å². The molecule has 0 radical (unpaired) electrons. The van der Waals surface area contributed by atoms with E-state index in [4.69, 9.17) is 4.74 Å². The molecule has 7 heteroatoms. The summed E-state index contributed by atoms with van der Waals surface area (Å²) in [7, 11) is 1.82. The molecule has 0 aliphatic carbocycles. The number of aliphatic imine (C=N–C) groups is 1. The summed E-state index contributed by atoms with van der Waals surface area (Å²) in [5.74, 6) is 2.07. The number of aryl methyl sites for hydroxylation is 1. The lowest BCUT2D eigenvalue weighted by atomic mass is 10.2. The number of nitrogens with zero attached hydrogens (tertiary/aromatic N) is 4. The molecule has 2 saturated heterocycles. The van der Waals surface area contributed by atoms with Crippen LogP contribution in [-0.2, 0) is 4.79 Å². The smallest absolute Gasteiger partial charge is 0.236 e. The van der Waals surface area contributed by atoms with Gasteiger partial charge in [-0.15, -0.1) is 0 Å². The van der Waals surface area contributed by atoms with Gasteiger partial charge in [-0.3, -0.25) is 14.7 Å². The molecule has 3 rings (SSSR count). The highest BCUT2D eigenvalue weighted by Gasteiger charge is 2.24. The van der Waals surface area contributed by atoms with Crippen molar-refractivity contribution in [1.29, 1.82) is 0 Å². The topological polar surface area (TPSA) is 60.4 Å². The van der Waals surface area contributed by atoms with Crippen LogP contribution in [-0.4, -0.2) is 92.1 Å². The largest absolute Gasteiger partial charge is 0.489 e. The van der Waals surface area contributed by atoms with E-state index in [0.29, 0.717) is 13.1 Å². The van der Waals surface area contributed by atoms with Gasteiger partial charge < -0.3 is 19.9 Å². The molecule has 2 aliphatic heterocycles. The number of rotatable bonds is 6. The Balaban J connectivity index is 1.40. The minimum Gasteiger partial charge on any atom is -0.489 e. The van der Waals surface area contributed by atoms with Crippen LogP contribution in [0.25, 0.3) is 0 Å². The molecule has 29 heavy (non-hydrogen) atoms. The average Bonchev–Trinajstić information content (AvgIpc) is 3.25. The fourth-order valence-electron chi connectivity index (χ4n) is 3.91. The molecule has 1 aromatic rings. The lowest BCUT2D eigenvalue weighted by Gasteiger charge is -2.36. The number of ether oxygens (including phenoxy) is 1. The maximum Gasteiger partial charge on any atom is 0.236 e. The van der Waals surface area contributed by atoms with Gasteiger partial charge in [-0.05, 0) is 44.4 Å². The predicted molar refractivity (Wildman–Crippen MR) is 116 cm³/mol. The number of carbonyl (C=O) groups excluding carboxylic acids is 1. The van der Waals surface area contributed by atoms with E-state index in [1.165, 1.54) is 5.56 Å². The van der Waals surface area contributed by atoms with Crippen LogP contribution >= 0.6 is 0 Å². The number of guanidine groups is 1. The molecule has 2 fully saturated rings. The third-order valence-corrected chi connectivity index (χ3v) is 5.58.